The number of pyridine rings is 1. The lowest BCUT2D eigenvalue weighted by molar-refractivity contribution is 0.0346. The van der Waals surface area contributed by atoms with Crippen LogP contribution < -0.4 is 10.5 Å². The number of nitrogens with two attached hydrogens (primary N) is 1. The summed E-state index contributed by atoms with van der Waals surface area (Å²) in [6.07, 6.45) is 1.68. The maximum Gasteiger partial charge on any atom is 0.167 e. The molecule has 7 heteroatoms. The van der Waals surface area contributed by atoms with Gasteiger partial charge in [-0.3, -0.25) is 9.88 Å². The third-order valence-corrected chi connectivity index (χ3v) is 5.21. The molecule has 5 nitrogen and oxygen atoms in total. The Balaban J connectivity index is 1.60. The lowest BCUT2D eigenvalue weighted by Gasteiger charge is -2.25. The zero-order valence-corrected chi connectivity index (χ0v) is 14.4. The van der Waals surface area contributed by atoms with E-state index in [0.717, 1.165) is 43.1 Å². The van der Waals surface area contributed by atoms with Crippen LogP contribution >= 0.6 is 11.3 Å². The van der Waals surface area contributed by atoms with Crippen molar-refractivity contribution in [2.24, 2.45) is 0 Å². The highest BCUT2D eigenvalue weighted by atomic mass is 32.1. The van der Waals surface area contributed by atoms with Crippen molar-refractivity contribution in [2.45, 2.75) is 6.54 Å². The van der Waals surface area contributed by atoms with Crippen LogP contribution in [0.4, 0.5) is 10.1 Å². The highest BCUT2D eigenvalue weighted by Crippen LogP contribution is 2.36. The van der Waals surface area contributed by atoms with Crippen LogP contribution in [0.5, 0.6) is 11.5 Å². The first-order valence-corrected chi connectivity index (χ1v) is 8.91. The summed E-state index contributed by atoms with van der Waals surface area (Å²) in [6.45, 7) is 4.27. The van der Waals surface area contributed by atoms with E-state index in [-0.39, 0.29) is 5.75 Å². The number of halogens is 1. The van der Waals surface area contributed by atoms with Crippen molar-refractivity contribution in [3.8, 4) is 11.5 Å². The number of ether oxygens (including phenoxy) is 2. The molecule has 25 heavy (non-hydrogen) atoms. The number of morpholine rings is 1. The molecule has 1 aliphatic rings. The molecule has 130 valence electrons. The lowest BCUT2D eigenvalue weighted by atomic mass is 10.3. The van der Waals surface area contributed by atoms with Crippen LogP contribution in [0.15, 0.2) is 36.5 Å². The monoisotopic (exact) mass is 359 g/mol. The highest BCUT2D eigenvalue weighted by Gasteiger charge is 2.15. The Kier molecular flexibility index (Phi) is 4.52. The fourth-order valence-electron chi connectivity index (χ4n) is 2.82. The summed E-state index contributed by atoms with van der Waals surface area (Å²) in [5, 5.41) is 0. The molecule has 0 spiro atoms. The Hall–Kier alpha value is -2.22. The lowest BCUT2D eigenvalue weighted by Crippen LogP contribution is -2.35. The van der Waals surface area contributed by atoms with Crippen molar-refractivity contribution in [2.75, 3.05) is 32.0 Å². The van der Waals surface area contributed by atoms with Gasteiger partial charge in [0, 0.05) is 48.5 Å². The van der Waals surface area contributed by atoms with Gasteiger partial charge in [-0.1, -0.05) is 0 Å². The van der Waals surface area contributed by atoms with E-state index >= 15 is 0 Å². The summed E-state index contributed by atoms with van der Waals surface area (Å²) in [6, 6.07) is 8.25. The zero-order valence-electron chi connectivity index (χ0n) is 13.6. The van der Waals surface area contributed by atoms with Crippen molar-refractivity contribution in [1.82, 2.24) is 9.88 Å². The van der Waals surface area contributed by atoms with E-state index < -0.39 is 5.82 Å². The minimum atomic E-state index is -0.477. The molecule has 2 N–H and O–H groups in total. The molecule has 0 aliphatic carbocycles. The smallest absolute Gasteiger partial charge is 0.167 e. The molecule has 2 aromatic heterocycles. The molecule has 0 saturated carbocycles. The first-order valence-electron chi connectivity index (χ1n) is 8.09. The van der Waals surface area contributed by atoms with E-state index in [0.29, 0.717) is 11.4 Å². The Bertz CT molecular complexity index is 893. The molecule has 0 amide bonds. The largest absolute Gasteiger partial charge is 0.453 e. The van der Waals surface area contributed by atoms with Gasteiger partial charge in [-0.15, -0.1) is 11.3 Å². The number of fused-ring (bicyclic) bond motifs is 1. The molecule has 0 atom stereocenters. The maximum atomic E-state index is 14.0. The molecule has 1 aliphatic heterocycles. The molecule has 3 heterocycles. The van der Waals surface area contributed by atoms with E-state index in [1.54, 1.807) is 35.7 Å². The molecule has 3 aromatic rings. The van der Waals surface area contributed by atoms with Crippen LogP contribution in [0.25, 0.3) is 10.2 Å². The van der Waals surface area contributed by atoms with Crippen molar-refractivity contribution >= 4 is 27.2 Å². The van der Waals surface area contributed by atoms with Gasteiger partial charge in [0.05, 0.1) is 23.4 Å². The van der Waals surface area contributed by atoms with Crippen molar-refractivity contribution < 1.29 is 13.9 Å². The second-order valence-electron chi connectivity index (χ2n) is 5.92. The average Bonchev–Trinajstić information content (AvgIpc) is 3.01. The number of nitrogen functional groups attached to an aromatic ring is 1. The topological polar surface area (TPSA) is 60.6 Å². The van der Waals surface area contributed by atoms with Gasteiger partial charge in [0.2, 0.25) is 0 Å². The van der Waals surface area contributed by atoms with Crippen molar-refractivity contribution in [1.29, 1.82) is 0 Å². The summed E-state index contributed by atoms with van der Waals surface area (Å²) in [7, 11) is 0. The summed E-state index contributed by atoms with van der Waals surface area (Å²) >= 11 is 1.63. The second kappa shape index (κ2) is 6.95. The van der Waals surface area contributed by atoms with Crippen LogP contribution in [0.2, 0.25) is 0 Å². The van der Waals surface area contributed by atoms with E-state index in [2.05, 4.69) is 16.0 Å². The third-order valence-electron chi connectivity index (χ3n) is 4.09. The van der Waals surface area contributed by atoms with Gasteiger partial charge >= 0.3 is 0 Å². The van der Waals surface area contributed by atoms with Gasteiger partial charge in [0.15, 0.2) is 11.6 Å². The Morgan fingerprint density at radius 2 is 2.04 bits per heavy atom. The molecular weight excluding hydrogens is 341 g/mol. The molecular formula is C18H18FN3O2S. The first-order chi connectivity index (χ1) is 12.2. The molecule has 0 unspecified atom stereocenters. The minimum absolute atomic E-state index is 0.157. The van der Waals surface area contributed by atoms with Crippen LogP contribution in [0.3, 0.4) is 0 Å². The van der Waals surface area contributed by atoms with E-state index in [9.17, 15) is 4.39 Å². The first kappa shape index (κ1) is 16.3. The maximum absolute atomic E-state index is 14.0. The van der Waals surface area contributed by atoms with Gasteiger partial charge in [-0.05, 0) is 18.2 Å². The molecule has 1 fully saturated rings. The molecule has 0 bridgehead atoms. The summed E-state index contributed by atoms with van der Waals surface area (Å²) in [4.78, 5) is 7.97. The standard InChI is InChI=1S/C18H18FN3O2S/c19-14-9-12(20)1-2-16(14)24-17-3-4-21-15-10-13(25-18(15)17)11-22-5-7-23-8-6-22/h1-4,9-10H,5-8,11,20H2. The van der Waals surface area contributed by atoms with Gasteiger partial charge in [-0.2, -0.15) is 0 Å². The Labute approximate surface area is 148 Å². The van der Waals surface area contributed by atoms with E-state index in [4.69, 9.17) is 15.2 Å². The van der Waals surface area contributed by atoms with E-state index in [1.165, 1.54) is 10.9 Å². The van der Waals surface area contributed by atoms with Crippen LogP contribution in [0.1, 0.15) is 4.88 Å². The fourth-order valence-corrected chi connectivity index (χ4v) is 3.93. The molecule has 0 radical (unpaired) electrons. The van der Waals surface area contributed by atoms with Gasteiger partial charge in [0.1, 0.15) is 5.75 Å². The SMILES string of the molecule is Nc1ccc(Oc2ccnc3cc(CN4CCOCC4)sc23)c(F)c1. The summed E-state index contributed by atoms with van der Waals surface area (Å²) < 4.78 is 26.1. The minimum Gasteiger partial charge on any atom is -0.453 e. The number of hydrogen-bond donors (Lipinski definition) is 1. The highest BCUT2D eigenvalue weighted by molar-refractivity contribution is 7.19. The predicted octanol–water partition coefficient (Wildman–Crippen LogP) is 3.64. The number of thiophene rings is 1. The third kappa shape index (κ3) is 3.58. The number of rotatable bonds is 4. The number of benzene rings is 1. The van der Waals surface area contributed by atoms with Crippen molar-refractivity contribution in [3.63, 3.8) is 0 Å². The summed E-state index contributed by atoms with van der Waals surface area (Å²) in [5.74, 6) is 0.284. The fraction of sp³-hybridized carbons (Fsp3) is 0.278. The van der Waals surface area contributed by atoms with Gasteiger partial charge in [-0.25, -0.2) is 4.39 Å². The zero-order chi connectivity index (χ0) is 17.2. The van der Waals surface area contributed by atoms with Crippen molar-refractivity contribution in [3.05, 3.63) is 47.2 Å². The molecule has 1 saturated heterocycles. The predicted molar refractivity (Wildman–Crippen MR) is 96.6 cm³/mol. The second-order valence-corrected chi connectivity index (χ2v) is 7.05. The molecule has 4 rings (SSSR count). The van der Waals surface area contributed by atoms with Gasteiger partial charge < -0.3 is 15.2 Å². The van der Waals surface area contributed by atoms with Gasteiger partial charge in [0.25, 0.3) is 0 Å². The number of hydrogen-bond acceptors (Lipinski definition) is 6. The van der Waals surface area contributed by atoms with E-state index in [1.807, 2.05) is 0 Å². The molecule has 1 aromatic carbocycles. The quantitative estimate of drug-likeness (QED) is 0.721. The Morgan fingerprint density at radius 3 is 2.84 bits per heavy atom. The normalized spacial score (nSPS) is 15.6. The van der Waals surface area contributed by atoms with Crippen LogP contribution in [0, 0.1) is 5.82 Å². The van der Waals surface area contributed by atoms with Crippen LogP contribution in [-0.4, -0.2) is 36.2 Å². The Morgan fingerprint density at radius 1 is 1.20 bits per heavy atom. The number of anilines is 1. The average molecular weight is 359 g/mol. The number of aromatic nitrogens is 1. The summed E-state index contributed by atoms with van der Waals surface area (Å²) in [5.41, 5.74) is 6.82. The number of nitrogens with zero attached hydrogens (tertiary/aromatic N) is 2. The van der Waals surface area contributed by atoms with Crippen LogP contribution in [-0.2, 0) is 11.3 Å².